The number of carbonyl (C=O) groups is 2. The Morgan fingerprint density at radius 1 is 1.08 bits per heavy atom. The van der Waals surface area contributed by atoms with Crippen LogP contribution in [0.15, 0.2) is 35.2 Å². The second-order valence-corrected chi connectivity index (χ2v) is 5.66. The molecule has 1 aliphatic heterocycles. The first kappa shape index (κ1) is 16.2. The Hall–Kier alpha value is -2.70. The summed E-state index contributed by atoms with van der Waals surface area (Å²) < 4.78 is 5.17. The molecule has 3 heterocycles. The smallest absolute Gasteiger partial charge is 0.289 e. The molecule has 2 aromatic rings. The number of hydrogen-bond acceptors (Lipinski definition) is 5. The number of nitrogens with zero attached hydrogens (tertiary/aromatic N) is 4. The maximum absolute atomic E-state index is 12.6. The first-order valence-electron chi connectivity index (χ1n) is 8.12. The highest BCUT2D eigenvalue weighted by Gasteiger charge is 2.24. The van der Waals surface area contributed by atoms with Crippen molar-refractivity contribution in [3.63, 3.8) is 0 Å². The number of carbonyl (C=O) groups excluding carboxylic acids is 2. The van der Waals surface area contributed by atoms with Crippen molar-refractivity contribution in [3.8, 4) is 0 Å². The molecular weight excluding hydrogens is 308 g/mol. The lowest BCUT2D eigenvalue weighted by Crippen LogP contribution is -2.37. The monoisotopic (exact) mass is 328 g/mol. The second kappa shape index (κ2) is 7.25. The standard InChI is InChI=1S/C17H20N4O3/c1-2-15-18-11-13(12-19-15)16(22)20-6-4-7-21(9-8-20)17(23)14-5-3-10-24-14/h3,5,10-12H,2,4,6-9H2,1H3. The fourth-order valence-electron chi connectivity index (χ4n) is 2.71. The van der Waals surface area contributed by atoms with Crippen molar-refractivity contribution in [2.75, 3.05) is 26.2 Å². The molecule has 0 radical (unpaired) electrons. The SMILES string of the molecule is CCc1ncc(C(=O)N2CCCN(C(=O)c3ccco3)CC2)cn1. The van der Waals surface area contributed by atoms with E-state index >= 15 is 0 Å². The molecule has 0 spiro atoms. The molecule has 1 fully saturated rings. The van der Waals surface area contributed by atoms with Crippen molar-refractivity contribution < 1.29 is 14.0 Å². The maximum atomic E-state index is 12.6. The maximum Gasteiger partial charge on any atom is 0.289 e. The van der Waals surface area contributed by atoms with Gasteiger partial charge in [-0.25, -0.2) is 9.97 Å². The van der Waals surface area contributed by atoms with E-state index in [-0.39, 0.29) is 11.8 Å². The molecule has 2 amide bonds. The predicted molar refractivity (Wildman–Crippen MR) is 86.5 cm³/mol. The summed E-state index contributed by atoms with van der Waals surface area (Å²) in [4.78, 5) is 36.8. The van der Waals surface area contributed by atoms with Gasteiger partial charge < -0.3 is 14.2 Å². The normalized spacial score (nSPS) is 15.2. The summed E-state index contributed by atoms with van der Waals surface area (Å²) in [5, 5.41) is 0. The van der Waals surface area contributed by atoms with Gasteiger partial charge in [-0.3, -0.25) is 9.59 Å². The van der Waals surface area contributed by atoms with Crippen molar-refractivity contribution in [1.29, 1.82) is 0 Å². The van der Waals surface area contributed by atoms with Crippen molar-refractivity contribution >= 4 is 11.8 Å². The zero-order valence-electron chi connectivity index (χ0n) is 13.6. The molecule has 0 N–H and O–H groups in total. The van der Waals surface area contributed by atoms with Gasteiger partial charge in [0, 0.05) is 45.0 Å². The molecule has 0 aromatic carbocycles. The van der Waals surface area contributed by atoms with Crippen LogP contribution in [0.2, 0.25) is 0 Å². The molecule has 1 saturated heterocycles. The van der Waals surface area contributed by atoms with Crippen LogP contribution in [0.25, 0.3) is 0 Å². The molecule has 0 aliphatic carbocycles. The van der Waals surface area contributed by atoms with Crippen LogP contribution in [0.1, 0.15) is 40.1 Å². The molecular formula is C17H20N4O3. The molecule has 2 aromatic heterocycles. The quantitative estimate of drug-likeness (QED) is 0.855. The third-order valence-corrected chi connectivity index (χ3v) is 4.07. The van der Waals surface area contributed by atoms with E-state index in [1.54, 1.807) is 34.3 Å². The highest BCUT2D eigenvalue weighted by molar-refractivity contribution is 5.94. The summed E-state index contributed by atoms with van der Waals surface area (Å²) in [6, 6.07) is 3.35. The van der Waals surface area contributed by atoms with Gasteiger partial charge in [-0.1, -0.05) is 6.92 Å². The van der Waals surface area contributed by atoms with Crippen LogP contribution in [0.3, 0.4) is 0 Å². The van der Waals surface area contributed by atoms with E-state index in [2.05, 4.69) is 9.97 Å². The minimum absolute atomic E-state index is 0.0926. The van der Waals surface area contributed by atoms with E-state index in [0.29, 0.717) is 37.5 Å². The Morgan fingerprint density at radius 2 is 1.75 bits per heavy atom. The van der Waals surface area contributed by atoms with Crippen molar-refractivity contribution in [1.82, 2.24) is 19.8 Å². The lowest BCUT2D eigenvalue weighted by atomic mass is 10.2. The average Bonchev–Trinajstić information content (AvgIpc) is 3.05. The zero-order chi connectivity index (χ0) is 16.9. The zero-order valence-corrected chi connectivity index (χ0v) is 13.6. The van der Waals surface area contributed by atoms with Gasteiger partial charge >= 0.3 is 0 Å². The van der Waals surface area contributed by atoms with E-state index in [9.17, 15) is 9.59 Å². The van der Waals surface area contributed by atoms with Gasteiger partial charge in [0.2, 0.25) is 0 Å². The number of amides is 2. The summed E-state index contributed by atoms with van der Waals surface area (Å²) in [5.41, 5.74) is 0.484. The van der Waals surface area contributed by atoms with Crippen LogP contribution < -0.4 is 0 Å². The first-order chi connectivity index (χ1) is 11.7. The first-order valence-corrected chi connectivity index (χ1v) is 8.12. The van der Waals surface area contributed by atoms with Gasteiger partial charge in [0.25, 0.3) is 11.8 Å². The number of hydrogen-bond donors (Lipinski definition) is 0. The Kier molecular flexibility index (Phi) is 4.88. The van der Waals surface area contributed by atoms with Crippen molar-refractivity contribution in [3.05, 3.63) is 47.9 Å². The lowest BCUT2D eigenvalue weighted by Gasteiger charge is -2.21. The summed E-state index contributed by atoms with van der Waals surface area (Å²) in [6.45, 7) is 4.15. The van der Waals surface area contributed by atoms with Gasteiger partial charge in [-0.05, 0) is 18.6 Å². The van der Waals surface area contributed by atoms with Gasteiger partial charge in [-0.15, -0.1) is 0 Å². The molecule has 0 unspecified atom stereocenters. The van der Waals surface area contributed by atoms with E-state index in [4.69, 9.17) is 4.42 Å². The Balaban J connectivity index is 1.64. The summed E-state index contributed by atoms with van der Waals surface area (Å²) in [5.74, 6) is 0.825. The van der Waals surface area contributed by atoms with Crippen LogP contribution in [-0.2, 0) is 6.42 Å². The molecule has 3 rings (SSSR count). The number of aromatic nitrogens is 2. The minimum Gasteiger partial charge on any atom is -0.459 e. The van der Waals surface area contributed by atoms with Crippen LogP contribution >= 0.6 is 0 Å². The predicted octanol–water partition coefficient (Wildman–Crippen LogP) is 1.62. The van der Waals surface area contributed by atoms with Gasteiger partial charge in [0.05, 0.1) is 11.8 Å². The highest BCUT2D eigenvalue weighted by Crippen LogP contribution is 2.12. The number of rotatable bonds is 3. The summed E-state index contributed by atoms with van der Waals surface area (Å²) in [7, 11) is 0. The third kappa shape index (κ3) is 3.45. The topological polar surface area (TPSA) is 79.5 Å². The van der Waals surface area contributed by atoms with Crippen LogP contribution in [0.5, 0.6) is 0 Å². The van der Waals surface area contributed by atoms with Crippen molar-refractivity contribution in [2.45, 2.75) is 19.8 Å². The number of furan rings is 1. The molecule has 0 saturated carbocycles. The molecule has 24 heavy (non-hydrogen) atoms. The molecule has 126 valence electrons. The van der Waals surface area contributed by atoms with Crippen molar-refractivity contribution in [2.24, 2.45) is 0 Å². The molecule has 7 nitrogen and oxygen atoms in total. The third-order valence-electron chi connectivity index (χ3n) is 4.07. The lowest BCUT2D eigenvalue weighted by molar-refractivity contribution is 0.0700. The Bertz CT molecular complexity index is 697. The van der Waals surface area contributed by atoms with Gasteiger partial charge in [0.1, 0.15) is 5.82 Å². The van der Waals surface area contributed by atoms with Gasteiger partial charge in [-0.2, -0.15) is 0 Å². The van der Waals surface area contributed by atoms with Gasteiger partial charge in [0.15, 0.2) is 5.76 Å². The summed E-state index contributed by atoms with van der Waals surface area (Å²) >= 11 is 0. The largest absolute Gasteiger partial charge is 0.459 e. The molecule has 0 atom stereocenters. The highest BCUT2D eigenvalue weighted by atomic mass is 16.3. The van der Waals surface area contributed by atoms with Crippen LogP contribution in [0.4, 0.5) is 0 Å². The Morgan fingerprint density at radius 3 is 2.33 bits per heavy atom. The average molecular weight is 328 g/mol. The molecule has 1 aliphatic rings. The fraction of sp³-hybridized carbons (Fsp3) is 0.412. The summed E-state index contributed by atoms with van der Waals surface area (Å²) in [6.07, 6.45) is 6.10. The molecule has 0 bridgehead atoms. The van der Waals surface area contributed by atoms with E-state index in [1.807, 2.05) is 6.92 Å². The molecule has 7 heteroatoms. The van der Waals surface area contributed by atoms with Crippen LogP contribution in [-0.4, -0.2) is 57.8 Å². The second-order valence-electron chi connectivity index (χ2n) is 5.66. The van der Waals surface area contributed by atoms with Crippen LogP contribution in [0, 0.1) is 0 Å². The van der Waals surface area contributed by atoms with E-state index < -0.39 is 0 Å². The fourth-order valence-corrected chi connectivity index (χ4v) is 2.71. The Labute approximate surface area is 140 Å². The number of aryl methyl sites for hydroxylation is 1. The van der Waals surface area contributed by atoms with E-state index in [1.165, 1.54) is 6.26 Å². The minimum atomic E-state index is -0.134. The van der Waals surface area contributed by atoms with E-state index in [0.717, 1.165) is 18.7 Å².